The third-order valence-corrected chi connectivity index (χ3v) is 3.12. The van der Waals surface area contributed by atoms with E-state index in [1.807, 2.05) is 13.0 Å². The third kappa shape index (κ3) is 1.79. The predicted molar refractivity (Wildman–Crippen MR) is 69.3 cm³/mol. The second-order valence-electron chi connectivity index (χ2n) is 4.07. The highest BCUT2D eigenvalue weighted by Gasteiger charge is 2.14. The fraction of sp³-hybridized carbons (Fsp3) is 0.385. The van der Waals surface area contributed by atoms with Crippen molar-refractivity contribution in [2.75, 3.05) is 0 Å². The molecule has 0 amide bonds. The van der Waals surface area contributed by atoms with Gasteiger partial charge in [-0.25, -0.2) is 5.10 Å². The van der Waals surface area contributed by atoms with E-state index in [0.29, 0.717) is 0 Å². The minimum atomic E-state index is -0.116. The van der Waals surface area contributed by atoms with Gasteiger partial charge in [0.2, 0.25) is 0 Å². The molecule has 2 heterocycles. The van der Waals surface area contributed by atoms with E-state index in [1.165, 1.54) is 5.69 Å². The van der Waals surface area contributed by atoms with Crippen LogP contribution in [0.25, 0.3) is 10.9 Å². The van der Waals surface area contributed by atoms with Gasteiger partial charge in [-0.3, -0.25) is 4.79 Å². The van der Waals surface area contributed by atoms with Gasteiger partial charge in [0.25, 0.3) is 5.56 Å². The number of H-pyrrole nitrogens is 1. The van der Waals surface area contributed by atoms with Crippen LogP contribution in [-0.4, -0.2) is 14.8 Å². The molecule has 0 saturated carbocycles. The Morgan fingerprint density at radius 1 is 1.53 bits per heavy atom. The molecule has 2 aromatic rings. The topological polar surface area (TPSA) is 50.7 Å². The van der Waals surface area contributed by atoms with Gasteiger partial charge in [-0.05, 0) is 25.8 Å². The van der Waals surface area contributed by atoms with Crippen LogP contribution in [0.1, 0.15) is 25.1 Å². The van der Waals surface area contributed by atoms with Gasteiger partial charge in [-0.15, -0.1) is 0 Å². The number of aromatic nitrogens is 3. The SMILES string of the molecule is CC=CCn1c(CC)c(C)c2cn[nH]c(=O)c21. The zero-order valence-electron chi connectivity index (χ0n) is 10.4. The van der Waals surface area contributed by atoms with Gasteiger partial charge in [0.1, 0.15) is 5.52 Å². The third-order valence-electron chi connectivity index (χ3n) is 3.12. The standard InChI is InChI=1S/C13H17N3O/c1-4-6-7-16-11(5-2)9(3)10-8-14-15-13(17)12(10)16/h4,6,8H,5,7H2,1-3H3,(H,15,17). The Labute approximate surface area is 100.0 Å². The lowest BCUT2D eigenvalue weighted by Crippen LogP contribution is -2.13. The first-order valence-corrected chi connectivity index (χ1v) is 5.87. The lowest BCUT2D eigenvalue weighted by Gasteiger charge is -2.06. The van der Waals surface area contributed by atoms with Crippen LogP contribution in [0.3, 0.4) is 0 Å². The van der Waals surface area contributed by atoms with Crippen LogP contribution in [0.4, 0.5) is 0 Å². The summed E-state index contributed by atoms with van der Waals surface area (Å²) in [4.78, 5) is 11.9. The molecule has 0 fully saturated rings. The number of fused-ring (bicyclic) bond motifs is 1. The molecule has 0 aromatic carbocycles. The highest BCUT2D eigenvalue weighted by Crippen LogP contribution is 2.22. The number of rotatable bonds is 3. The Kier molecular flexibility index (Phi) is 3.13. The van der Waals surface area contributed by atoms with Gasteiger partial charge < -0.3 is 4.57 Å². The van der Waals surface area contributed by atoms with Crippen LogP contribution >= 0.6 is 0 Å². The Balaban J connectivity index is 2.81. The Hall–Kier alpha value is -1.84. The highest BCUT2D eigenvalue weighted by atomic mass is 16.1. The molecule has 4 nitrogen and oxygen atoms in total. The number of hydrogen-bond acceptors (Lipinski definition) is 2. The number of nitrogens with one attached hydrogen (secondary N) is 1. The summed E-state index contributed by atoms with van der Waals surface area (Å²) in [5, 5.41) is 7.33. The summed E-state index contributed by atoms with van der Waals surface area (Å²) in [7, 11) is 0. The molecule has 0 aliphatic heterocycles. The molecule has 0 spiro atoms. The summed E-state index contributed by atoms with van der Waals surface area (Å²) in [6.45, 7) is 6.87. The van der Waals surface area contributed by atoms with Gasteiger partial charge in [0, 0.05) is 17.6 Å². The van der Waals surface area contributed by atoms with Crippen molar-refractivity contribution < 1.29 is 0 Å². The average Bonchev–Trinajstić information content (AvgIpc) is 2.61. The maximum Gasteiger partial charge on any atom is 0.288 e. The van der Waals surface area contributed by atoms with Crippen molar-refractivity contribution in [1.29, 1.82) is 0 Å². The quantitative estimate of drug-likeness (QED) is 0.823. The van der Waals surface area contributed by atoms with E-state index in [0.717, 1.165) is 29.4 Å². The molecule has 2 aromatic heterocycles. The number of hydrogen-bond donors (Lipinski definition) is 1. The monoisotopic (exact) mass is 231 g/mol. The van der Waals surface area contributed by atoms with Crippen molar-refractivity contribution >= 4 is 10.9 Å². The second-order valence-corrected chi connectivity index (χ2v) is 4.07. The molecular weight excluding hydrogens is 214 g/mol. The summed E-state index contributed by atoms with van der Waals surface area (Å²) in [5.74, 6) is 0. The summed E-state index contributed by atoms with van der Waals surface area (Å²) in [5.41, 5.74) is 2.98. The molecule has 0 unspecified atom stereocenters. The molecule has 17 heavy (non-hydrogen) atoms. The molecule has 0 aliphatic rings. The van der Waals surface area contributed by atoms with Crippen LogP contribution in [0, 0.1) is 6.92 Å². The van der Waals surface area contributed by atoms with Gasteiger partial charge in [-0.2, -0.15) is 5.10 Å². The lowest BCUT2D eigenvalue weighted by molar-refractivity contribution is 0.782. The first-order chi connectivity index (χ1) is 8.20. The van der Waals surface area contributed by atoms with Crippen LogP contribution in [0.5, 0.6) is 0 Å². The van der Waals surface area contributed by atoms with Crippen LogP contribution in [-0.2, 0) is 13.0 Å². The van der Waals surface area contributed by atoms with E-state index in [2.05, 4.69) is 34.7 Å². The van der Waals surface area contributed by atoms with Crippen molar-refractivity contribution in [3.63, 3.8) is 0 Å². The molecule has 0 saturated heterocycles. The van der Waals surface area contributed by atoms with Crippen molar-refractivity contribution in [1.82, 2.24) is 14.8 Å². The molecule has 0 radical (unpaired) electrons. The van der Waals surface area contributed by atoms with Crippen molar-refractivity contribution in [2.24, 2.45) is 0 Å². The van der Waals surface area contributed by atoms with Crippen molar-refractivity contribution in [3.05, 3.63) is 40.0 Å². The van der Waals surface area contributed by atoms with Crippen LogP contribution in [0.2, 0.25) is 0 Å². The van der Waals surface area contributed by atoms with Gasteiger partial charge >= 0.3 is 0 Å². The van der Waals surface area contributed by atoms with E-state index in [1.54, 1.807) is 6.20 Å². The maximum atomic E-state index is 11.9. The minimum absolute atomic E-state index is 0.116. The first kappa shape index (κ1) is 11.6. The van der Waals surface area contributed by atoms with Crippen molar-refractivity contribution in [3.8, 4) is 0 Å². The first-order valence-electron chi connectivity index (χ1n) is 5.87. The zero-order valence-corrected chi connectivity index (χ0v) is 10.4. The Bertz CT molecular complexity index is 619. The summed E-state index contributed by atoms with van der Waals surface area (Å²) >= 11 is 0. The molecule has 0 bridgehead atoms. The number of aromatic amines is 1. The molecule has 4 heteroatoms. The molecule has 2 rings (SSSR count). The highest BCUT2D eigenvalue weighted by molar-refractivity contribution is 5.83. The van der Waals surface area contributed by atoms with Crippen LogP contribution in [0.15, 0.2) is 23.1 Å². The van der Waals surface area contributed by atoms with E-state index in [9.17, 15) is 4.79 Å². The summed E-state index contributed by atoms with van der Waals surface area (Å²) in [6, 6.07) is 0. The fourth-order valence-electron chi connectivity index (χ4n) is 2.30. The molecular formula is C13H17N3O. The molecule has 90 valence electrons. The van der Waals surface area contributed by atoms with E-state index >= 15 is 0 Å². The van der Waals surface area contributed by atoms with E-state index < -0.39 is 0 Å². The fourth-order valence-corrected chi connectivity index (χ4v) is 2.30. The minimum Gasteiger partial charge on any atom is -0.336 e. The predicted octanol–water partition coefficient (Wildman–Crippen LogP) is 2.17. The average molecular weight is 231 g/mol. The number of aryl methyl sites for hydroxylation is 1. The zero-order chi connectivity index (χ0) is 12.4. The van der Waals surface area contributed by atoms with Gasteiger partial charge in [0.15, 0.2) is 0 Å². The molecule has 0 atom stereocenters. The number of nitrogens with zero attached hydrogens (tertiary/aromatic N) is 2. The normalized spacial score (nSPS) is 11.7. The Morgan fingerprint density at radius 3 is 2.94 bits per heavy atom. The van der Waals surface area contributed by atoms with Crippen LogP contribution < -0.4 is 5.56 Å². The van der Waals surface area contributed by atoms with E-state index in [-0.39, 0.29) is 5.56 Å². The second kappa shape index (κ2) is 4.57. The lowest BCUT2D eigenvalue weighted by atomic mass is 10.2. The Morgan fingerprint density at radius 2 is 2.29 bits per heavy atom. The summed E-state index contributed by atoms with van der Waals surface area (Å²) in [6.07, 6.45) is 6.70. The van der Waals surface area contributed by atoms with E-state index in [4.69, 9.17) is 0 Å². The number of allylic oxidation sites excluding steroid dienone is 2. The van der Waals surface area contributed by atoms with Gasteiger partial charge in [0.05, 0.1) is 6.20 Å². The maximum absolute atomic E-state index is 11.9. The van der Waals surface area contributed by atoms with Gasteiger partial charge in [-0.1, -0.05) is 19.1 Å². The van der Waals surface area contributed by atoms with Crippen molar-refractivity contribution in [2.45, 2.75) is 33.7 Å². The smallest absolute Gasteiger partial charge is 0.288 e. The molecule has 1 N–H and O–H groups in total. The molecule has 0 aliphatic carbocycles. The summed E-state index contributed by atoms with van der Waals surface area (Å²) < 4.78 is 2.07. The largest absolute Gasteiger partial charge is 0.336 e.